The lowest BCUT2D eigenvalue weighted by Gasteiger charge is -2.24. The molecule has 1 rings (SSSR count). The summed E-state index contributed by atoms with van der Waals surface area (Å²) in [6.07, 6.45) is 0. The monoisotopic (exact) mass is 206 g/mol. The summed E-state index contributed by atoms with van der Waals surface area (Å²) < 4.78 is 0. The Labute approximate surface area is 93.1 Å². The summed E-state index contributed by atoms with van der Waals surface area (Å²) in [4.78, 5) is 0. The van der Waals surface area contributed by atoms with Gasteiger partial charge < -0.3 is 5.11 Å². The van der Waals surface area contributed by atoms with E-state index in [-0.39, 0.29) is 5.41 Å². The minimum absolute atomic E-state index is 0.131. The number of hydrogen-bond donors (Lipinski definition) is 1. The smallest absolute Gasteiger partial charge is 0.0840 e. The van der Waals surface area contributed by atoms with Crippen molar-refractivity contribution in [3.05, 3.63) is 34.9 Å². The third-order valence-electron chi connectivity index (χ3n) is 2.65. The van der Waals surface area contributed by atoms with Crippen molar-refractivity contribution in [1.82, 2.24) is 0 Å². The molecule has 0 bridgehead atoms. The molecule has 0 aliphatic rings. The van der Waals surface area contributed by atoms with Gasteiger partial charge in [0.05, 0.1) is 5.60 Å². The Bertz CT molecular complexity index is 318. The van der Waals surface area contributed by atoms with Gasteiger partial charge in [-0.2, -0.15) is 0 Å². The lowest BCUT2D eigenvalue weighted by molar-refractivity contribution is 0.0784. The molecule has 0 aliphatic heterocycles. The van der Waals surface area contributed by atoms with Gasteiger partial charge in [0.15, 0.2) is 0 Å². The summed E-state index contributed by atoms with van der Waals surface area (Å²) in [5, 5.41) is 10.0. The first-order chi connectivity index (χ1) is 6.60. The van der Waals surface area contributed by atoms with Crippen LogP contribution in [0.5, 0.6) is 0 Å². The van der Waals surface area contributed by atoms with E-state index in [9.17, 15) is 5.11 Å². The van der Waals surface area contributed by atoms with E-state index in [0.717, 1.165) is 5.56 Å². The van der Waals surface area contributed by atoms with Gasteiger partial charge in [0, 0.05) is 0 Å². The van der Waals surface area contributed by atoms with Crippen LogP contribution in [0.15, 0.2) is 18.2 Å². The Morgan fingerprint density at radius 3 is 1.73 bits per heavy atom. The molecule has 0 fully saturated rings. The highest BCUT2D eigenvalue weighted by Gasteiger charge is 2.20. The lowest BCUT2D eigenvalue weighted by Crippen LogP contribution is -2.18. The topological polar surface area (TPSA) is 20.2 Å². The van der Waals surface area contributed by atoms with Crippen molar-refractivity contribution in [2.24, 2.45) is 0 Å². The van der Waals surface area contributed by atoms with Crippen LogP contribution in [0.25, 0.3) is 0 Å². The molecular formula is C14H22O. The summed E-state index contributed by atoms with van der Waals surface area (Å²) in [5.74, 6) is 0. The molecule has 0 amide bonds. The zero-order valence-electron chi connectivity index (χ0n) is 10.7. The normalized spacial score (nSPS) is 13.0. The van der Waals surface area contributed by atoms with Crippen LogP contribution >= 0.6 is 0 Å². The van der Waals surface area contributed by atoms with Crippen LogP contribution in [0.4, 0.5) is 0 Å². The standard InChI is InChI=1S/C14H22O/c1-10-7-11(13(2,3)4)9-12(8-10)14(5,6)15/h7-9,15H,1-6H3. The second-order valence-corrected chi connectivity index (χ2v) is 5.90. The van der Waals surface area contributed by atoms with Gasteiger partial charge >= 0.3 is 0 Å². The van der Waals surface area contributed by atoms with Crippen LogP contribution in [-0.2, 0) is 11.0 Å². The second-order valence-electron chi connectivity index (χ2n) is 5.90. The van der Waals surface area contributed by atoms with E-state index in [1.165, 1.54) is 11.1 Å². The Morgan fingerprint density at radius 2 is 1.33 bits per heavy atom. The first-order valence-electron chi connectivity index (χ1n) is 5.46. The average Bonchev–Trinajstić information content (AvgIpc) is 1.99. The van der Waals surface area contributed by atoms with Gasteiger partial charge in [-0.15, -0.1) is 0 Å². The average molecular weight is 206 g/mol. The van der Waals surface area contributed by atoms with Gasteiger partial charge in [-0.05, 0) is 37.3 Å². The Morgan fingerprint density at radius 1 is 0.867 bits per heavy atom. The van der Waals surface area contributed by atoms with E-state index < -0.39 is 5.60 Å². The molecule has 1 N–H and O–H groups in total. The van der Waals surface area contributed by atoms with Gasteiger partial charge in [-0.3, -0.25) is 0 Å². The van der Waals surface area contributed by atoms with Gasteiger partial charge in [-0.25, -0.2) is 0 Å². The van der Waals surface area contributed by atoms with E-state index >= 15 is 0 Å². The van der Waals surface area contributed by atoms with Gasteiger partial charge in [-0.1, -0.05) is 44.5 Å². The van der Waals surface area contributed by atoms with E-state index in [1.54, 1.807) is 0 Å². The quantitative estimate of drug-likeness (QED) is 0.745. The molecule has 1 nitrogen and oxygen atoms in total. The lowest BCUT2D eigenvalue weighted by atomic mass is 9.83. The van der Waals surface area contributed by atoms with Crippen LogP contribution in [0.2, 0.25) is 0 Å². The molecule has 0 spiro atoms. The Hall–Kier alpha value is -0.820. The van der Waals surface area contributed by atoms with Crippen molar-refractivity contribution in [2.45, 2.75) is 52.6 Å². The number of benzene rings is 1. The van der Waals surface area contributed by atoms with Crippen molar-refractivity contribution in [1.29, 1.82) is 0 Å². The van der Waals surface area contributed by atoms with Gasteiger partial charge in [0.1, 0.15) is 0 Å². The van der Waals surface area contributed by atoms with Gasteiger partial charge in [0.2, 0.25) is 0 Å². The highest BCUT2D eigenvalue weighted by molar-refractivity contribution is 5.35. The summed E-state index contributed by atoms with van der Waals surface area (Å²) in [7, 11) is 0. The number of aliphatic hydroxyl groups is 1. The maximum atomic E-state index is 10.0. The molecule has 1 aromatic carbocycles. The summed E-state index contributed by atoms with van der Waals surface area (Å²) >= 11 is 0. The van der Waals surface area contributed by atoms with Crippen LogP contribution < -0.4 is 0 Å². The molecule has 0 aromatic heterocycles. The van der Waals surface area contributed by atoms with Crippen molar-refractivity contribution in [2.75, 3.05) is 0 Å². The maximum Gasteiger partial charge on any atom is 0.0840 e. The van der Waals surface area contributed by atoms with Crippen molar-refractivity contribution in [3.63, 3.8) is 0 Å². The van der Waals surface area contributed by atoms with Crippen molar-refractivity contribution >= 4 is 0 Å². The van der Waals surface area contributed by atoms with Crippen LogP contribution in [-0.4, -0.2) is 5.11 Å². The molecule has 84 valence electrons. The molecule has 15 heavy (non-hydrogen) atoms. The zero-order chi connectivity index (χ0) is 11.9. The fourth-order valence-electron chi connectivity index (χ4n) is 1.57. The SMILES string of the molecule is Cc1cc(C(C)(C)C)cc(C(C)(C)O)c1. The Balaban J connectivity index is 3.30. The first kappa shape index (κ1) is 12.3. The van der Waals surface area contributed by atoms with Crippen LogP contribution in [0.3, 0.4) is 0 Å². The molecule has 0 atom stereocenters. The molecule has 0 heterocycles. The van der Waals surface area contributed by atoms with E-state index in [4.69, 9.17) is 0 Å². The number of aryl methyl sites for hydroxylation is 1. The summed E-state index contributed by atoms with van der Waals surface area (Å²) in [5.41, 5.74) is 2.85. The largest absolute Gasteiger partial charge is 0.386 e. The first-order valence-corrected chi connectivity index (χ1v) is 5.46. The number of rotatable bonds is 1. The molecule has 0 saturated heterocycles. The van der Waals surface area contributed by atoms with Crippen molar-refractivity contribution < 1.29 is 5.11 Å². The third-order valence-corrected chi connectivity index (χ3v) is 2.65. The van der Waals surface area contributed by atoms with Crippen LogP contribution in [0.1, 0.15) is 51.3 Å². The van der Waals surface area contributed by atoms with Gasteiger partial charge in [0.25, 0.3) is 0 Å². The van der Waals surface area contributed by atoms with Crippen LogP contribution in [0, 0.1) is 6.92 Å². The fraction of sp³-hybridized carbons (Fsp3) is 0.571. The predicted molar refractivity (Wildman–Crippen MR) is 65.1 cm³/mol. The van der Waals surface area contributed by atoms with Crippen molar-refractivity contribution in [3.8, 4) is 0 Å². The third kappa shape index (κ3) is 3.07. The molecular weight excluding hydrogens is 184 g/mol. The highest BCUT2D eigenvalue weighted by Crippen LogP contribution is 2.28. The zero-order valence-corrected chi connectivity index (χ0v) is 10.7. The summed E-state index contributed by atoms with van der Waals surface area (Å²) in [6, 6.07) is 6.34. The molecule has 1 heteroatoms. The second kappa shape index (κ2) is 3.64. The molecule has 0 unspecified atom stereocenters. The predicted octanol–water partition coefficient (Wildman–Crippen LogP) is 3.52. The summed E-state index contributed by atoms with van der Waals surface area (Å²) in [6.45, 7) is 12.3. The maximum absolute atomic E-state index is 10.0. The molecule has 0 radical (unpaired) electrons. The number of hydrogen-bond acceptors (Lipinski definition) is 1. The van der Waals surface area contributed by atoms with E-state index in [0.29, 0.717) is 0 Å². The molecule has 0 aliphatic carbocycles. The van der Waals surface area contributed by atoms with E-state index in [1.807, 2.05) is 13.8 Å². The fourth-order valence-corrected chi connectivity index (χ4v) is 1.57. The highest BCUT2D eigenvalue weighted by atomic mass is 16.3. The minimum Gasteiger partial charge on any atom is -0.386 e. The Kier molecular flexibility index (Phi) is 2.97. The molecule has 0 saturated carbocycles. The minimum atomic E-state index is -0.758. The molecule has 1 aromatic rings. The van der Waals surface area contributed by atoms with E-state index in [2.05, 4.69) is 45.9 Å².